The molecule has 0 aliphatic rings. The number of hydrogen-bond donors (Lipinski definition) is 0. The highest BCUT2D eigenvalue weighted by molar-refractivity contribution is 5.71. The molecular weight excluding hydrogens is 889 g/mol. The third-order valence-corrected chi connectivity index (χ3v) is 13.1. The zero-order valence-electron chi connectivity index (χ0n) is 47.4. The molecule has 0 fully saturated rings. The van der Waals surface area contributed by atoms with Gasteiger partial charge in [0.2, 0.25) is 0 Å². The number of ether oxygens (including phenoxy) is 3. The molecule has 0 bridgehead atoms. The van der Waals surface area contributed by atoms with Crippen LogP contribution in [0, 0.1) is 0 Å². The Kier molecular flexibility index (Phi) is 57.3. The number of hydrogen-bond acceptors (Lipinski definition) is 6. The van der Waals surface area contributed by atoms with E-state index in [4.69, 9.17) is 14.2 Å². The van der Waals surface area contributed by atoms with Gasteiger partial charge in [-0.25, -0.2) is 0 Å². The molecule has 0 aromatic carbocycles. The van der Waals surface area contributed by atoms with Crippen LogP contribution in [0.3, 0.4) is 0 Å². The summed E-state index contributed by atoms with van der Waals surface area (Å²) in [4.78, 5) is 38.2. The highest BCUT2D eigenvalue weighted by Gasteiger charge is 2.19. The van der Waals surface area contributed by atoms with Gasteiger partial charge in [-0.2, -0.15) is 0 Å². The summed E-state index contributed by atoms with van der Waals surface area (Å²) < 4.78 is 16.8. The maximum Gasteiger partial charge on any atom is 0.306 e. The Morgan fingerprint density at radius 3 is 0.931 bits per heavy atom. The molecule has 0 amide bonds. The Bertz CT molecular complexity index is 1380. The minimum absolute atomic E-state index is 0.0947. The average molecular weight is 1000 g/mol. The van der Waals surface area contributed by atoms with Gasteiger partial charge in [-0.3, -0.25) is 14.4 Å². The summed E-state index contributed by atoms with van der Waals surface area (Å²) >= 11 is 0. The fraction of sp³-hybridized carbons (Fsp3) is 0.742. The third kappa shape index (κ3) is 57.5. The standard InChI is InChI=1S/C66H114O6/c1-4-7-10-13-16-19-22-24-26-28-30-32-34-35-37-39-41-44-47-50-53-56-59-65(68)71-62-63(61-70-64(67)58-55-52-49-46-43-21-18-15-12-9-6-3)72-66(69)60-57-54-51-48-45-42-40-38-36-33-31-29-27-25-23-20-17-14-11-8-5-2/h8,11,15,17-18,20,25,27,31,33,38,40,45,48,63H,4-7,9-10,12-14,16,19,21-24,26,28-30,32,34-37,39,41-44,46-47,49-62H2,1-3H3/b11-8-,18-15-,20-17-,27-25-,33-31-,40-38-,48-45-. The Hall–Kier alpha value is -3.41. The number of carbonyl (C=O) groups is 3. The van der Waals surface area contributed by atoms with Crippen LogP contribution in [0.2, 0.25) is 0 Å². The van der Waals surface area contributed by atoms with Crippen LogP contribution in [-0.4, -0.2) is 37.2 Å². The summed E-state index contributed by atoms with van der Waals surface area (Å²) in [7, 11) is 0. The van der Waals surface area contributed by atoms with Gasteiger partial charge in [-0.1, -0.05) is 273 Å². The lowest BCUT2D eigenvalue weighted by Crippen LogP contribution is -2.30. The van der Waals surface area contributed by atoms with Gasteiger partial charge < -0.3 is 14.2 Å². The van der Waals surface area contributed by atoms with Gasteiger partial charge in [0.1, 0.15) is 13.2 Å². The van der Waals surface area contributed by atoms with Crippen molar-refractivity contribution in [1.29, 1.82) is 0 Å². The van der Waals surface area contributed by atoms with Crippen LogP contribution in [0.5, 0.6) is 0 Å². The fourth-order valence-corrected chi connectivity index (χ4v) is 8.55. The zero-order chi connectivity index (χ0) is 52.2. The second-order valence-corrected chi connectivity index (χ2v) is 20.2. The third-order valence-electron chi connectivity index (χ3n) is 13.1. The molecule has 6 heteroatoms. The molecular formula is C66H114O6. The largest absolute Gasteiger partial charge is 0.462 e. The second-order valence-electron chi connectivity index (χ2n) is 20.2. The van der Waals surface area contributed by atoms with Crippen LogP contribution in [0.15, 0.2) is 85.1 Å². The number of carbonyl (C=O) groups excluding carboxylic acids is 3. The molecule has 0 aliphatic carbocycles. The molecule has 414 valence electrons. The molecule has 0 N–H and O–H groups in total. The SMILES string of the molecule is CC/C=C\C/C=C\C/C=C\C/C=C\C/C=C\C/C=C\CCCCC(=O)OC(COC(=O)CCCCCCC/C=C\CCCC)COC(=O)CCCCCCCCCCCCCCCCCCCCCCCC. The van der Waals surface area contributed by atoms with E-state index in [0.29, 0.717) is 19.3 Å². The van der Waals surface area contributed by atoms with E-state index < -0.39 is 6.10 Å². The summed E-state index contributed by atoms with van der Waals surface area (Å²) in [6, 6.07) is 0. The first-order chi connectivity index (χ1) is 35.5. The van der Waals surface area contributed by atoms with Crippen molar-refractivity contribution in [2.45, 2.75) is 303 Å². The molecule has 72 heavy (non-hydrogen) atoms. The van der Waals surface area contributed by atoms with Crippen LogP contribution in [0.25, 0.3) is 0 Å². The maximum absolute atomic E-state index is 12.9. The Labute approximate surface area is 445 Å². The smallest absolute Gasteiger partial charge is 0.306 e. The predicted molar refractivity (Wildman–Crippen MR) is 311 cm³/mol. The first-order valence-corrected chi connectivity index (χ1v) is 30.6. The van der Waals surface area contributed by atoms with E-state index in [1.807, 2.05) is 0 Å². The monoisotopic (exact) mass is 1000 g/mol. The summed E-state index contributed by atoms with van der Waals surface area (Å²) in [5.41, 5.74) is 0. The predicted octanol–water partition coefficient (Wildman–Crippen LogP) is 20.7. The van der Waals surface area contributed by atoms with Crippen LogP contribution >= 0.6 is 0 Å². The van der Waals surface area contributed by atoms with Crippen LogP contribution < -0.4 is 0 Å². The molecule has 0 saturated carbocycles. The number of unbranched alkanes of at least 4 members (excludes halogenated alkanes) is 30. The van der Waals surface area contributed by atoms with Gasteiger partial charge in [0.25, 0.3) is 0 Å². The lowest BCUT2D eigenvalue weighted by atomic mass is 10.0. The summed E-state index contributed by atoms with van der Waals surface area (Å²) in [5, 5.41) is 0. The number of esters is 3. The Morgan fingerprint density at radius 2 is 0.556 bits per heavy atom. The maximum atomic E-state index is 12.9. The van der Waals surface area contributed by atoms with Gasteiger partial charge in [-0.05, 0) is 89.9 Å². The van der Waals surface area contributed by atoms with Crippen molar-refractivity contribution >= 4 is 17.9 Å². The molecule has 1 unspecified atom stereocenters. The second kappa shape index (κ2) is 60.1. The van der Waals surface area contributed by atoms with Crippen molar-refractivity contribution < 1.29 is 28.6 Å². The van der Waals surface area contributed by atoms with Gasteiger partial charge in [0, 0.05) is 19.3 Å². The van der Waals surface area contributed by atoms with Crippen LogP contribution in [0.1, 0.15) is 297 Å². The summed E-state index contributed by atoms with van der Waals surface area (Å²) in [5.74, 6) is -0.939. The number of allylic oxidation sites excluding steroid dienone is 14. The van der Waals surface area contributed by atoms with Crippen molar-refractivity contribution in [3.8, 4) is 0 Å². The molecule has 0 aromatic heterocycles. The Balaban J connectivity index is 4.36. The van der Waals surface area contributed by atoms with E-state index in [1.165, 1.54) is 148 Å². The fourth-order valence-electron chi connectivity index (χ4n) is 8.55. The van der Waals surface area contributed by atoms with E-state index in [-0.39, 0.29) is 37.5 Å². The van der Waals surface area contributed by atoms with Crippen LogP contribution in [0.4, 0.5) is 0 Å². The van der Waals surface area contributed by atoms with E-state index in [9.17, 15) is 14.4 Å². The molecule has 1 atom stereocenters. The van der Waals surface area contributed by atoms with Crippen molar-refractivity contribution in [1.82, 2.24) is 0 Å². The Morgan fingerprint density at radius 1 is 0.292 bits per heavy atom. The molecule has 0 saturated heterocycles. The average Bonchev–Trinajstić information content (AvgIpc) is 3.38. The van der Waals surface area contributed by atoms with Gasteiger partial charge in [0.15, 0.2) is 6.10 Å². The lowest BCUT2D eigenvalue weighted by molar-refractivity contribution is -0.167. The first-order valence-electron chi connectivity index (χ1n) is 30.6. The summed E-state index contributed by atoms with van der Waals surface area (Å²) in [6.07, 6.45) is 78.8. The molecule has 0 radical (unpaired) electrons. The highest BCUT2D eigenvalue weighted by atomic mass is 16.6. The topological polar surface area (TPSA) is 78.9 Å². The van der Waals surface area contributed by atoms with E-state index >= 15 is 0 Å². The lowest BCUT2D eigenvalue weighted by Gasteiger charge is -2.18. The van der Waals surface area contributed by atoms with Crippen molar-refractivity contribution in [2.24, 2.45) is 0 Å². The van der Waals surface area contributed by atoms with Gasteiger partial charge >= 0.3 is 17.9 Å². The molecule has 0 aromatic rings. The quantitative estimate of drug-likeness (QED) is 0.0261. The van der Waals surface area contributed by atoms with E-state index in [2.05, 4.69) is 106 Å². The molecule has 6 nitrogen and oxygen atoms in total. The molecule has 0 spiro atoms. The normalized spacial score (nSPS) is 12.7. The van der Waals surface area contributed by atoms with Gasteiger partial charge in [-0.15, -0.1) is 0 Å². The van der Waals surface area contributed by atoms with E-state index in [0.717, 1.165) is 103 Å². The number of rotatable bonds is 55. The summed E-state index contributed by atoms with van der Waals surface area (Å²) in [6.45, 7) is 6.47. The minimum Gasteiger partial charge on any atom is -0.462 e. The molecule has 0 heterocycles. The van der Waals surface area contributed by atoms with Crippen molar-refractivity contribution in [3.63, 3.8) is 0 Å². The minimum atomic E-state index is -0.802. The molecule has 0 rings (SSSR count). The molecule has 0 aliphatic heterocycles. The first kappa shape index (κ1) is 68.6. The van der Waals surface area contributed by atoms with Gasteiger partial charge in [0.05, 0.1) is 0 Å². The zero-order valence-corrected chi connectivity index (χ0v) is 47.4. The van der Waals surface area contributed by atoms with Crippen molar-refractivity contribution in [3.05, 3.63) is 85.1 Å². The van der Waals surface area contributed by atoms with Crippen LogP contribution in [-0.2, 0) is 28.6 Å². The highest BCUT2D eigenvalue weighted by Crippen LogP contribution is 2.17. The van der Waals surface area contributed by atoms with Crippen molar-refractivity contribution in [2.75, 3.05) is 13.2 Å². The van der Waals surface area contributed by atoms with E-state index in [1.54, 1.807) is 0 Å².